The van der Waals surface area contributed by atoms with Crippen molar-refractivity contribution in [3.05, 3.63) is 78.6 Å². The number of thiol groups is 2. The summed E-state index contributed by atoms with van der Waals surface area (Å²) in [6.07, 6.45) is 9.22. The van der Waals surface area contributed by atoms with Gasteiger partial charge in [0, 0.05) is 62.9 Å². The van der Waals surface area contributed by atoms with E-state index in [4.69, 9.17) is 0 Å². The van der Waals surface area contributed by atoms with Crippen LogP contribution in [0.15, 0.2) is 46.6 Å². The topological polar surface area (TPSA) is 192 Å². The van der Waals surface area contributed by atoms with Gasteiger partial charge in [-0.3, -0.25) is 20.2 Å². The van der Waals surface area contributed by atoms with E-state index in [1.165, 1.54) is 49.5 Å². The van der Waals surface area contributed by atoms with E-state index in [0.717, 1.165) is 64.0 Å². The van der Waals surface area contributed by atoms with Crippen molar-refractivity contribution in [2.45, 2.75) is 38.5 Å². The Balaban J connectivity index is 0.000000421. The second kappa shape index (κ2) is 20.0. The molecule has 2 heterocycles. The second-order valence-corrected chi connectivity index (χ2v) is 10.1. The summed E-state index contributed by atoms with van der Waals surface area (Å²) in [4.78, 5) is 24.2. The molecule has 0 bridgehead atoms. The van der Waals surface area contributed by atoms with Crippen LogP contribution in [0.3, 0.4) is 0 Å². The molecule has 18 heteroatoms. The van der Waals surface area contributed by atoms with E-state index in [-0.39, 0.29) is 68.1 Å². The zero-order valence-electron chi connectivity index (χ0n) is 23.2. The number of piperidine rings is 2. The van der Waals surface area contributed by atoms with Gasteiger partial charge in [-0.1, -0.05) is 36.5 Å². The van der Waals surface area contributed by atoms with Gasteiger partial charge in [-0.15, -0.1) is 0 Å². The molecule has 2 radical (unpaired) electrons. The van der Waals surface area contributed by atoms with Crippen LogP contribution in [0.5, 0.6) is 11.5 Å². The maximum Gasteiger partial charge on any atom is 2.00 e. The average Bonchev–Trinajstić information content (AvgIpc) is 3.00. The summed E-state index contributed by atoms with van der Waals surface area (Å²) < 4.78 is 0. The Morgan fingerprint density at radius 2 is 1.02 bits per heavy atom. The van der Waals surface area contributed by atoms with Gasteiger partial charge < -0.3 is 31.3 Å². The molecule has 0 N–H and O–H groups in total. The molecule has 4 rings (SSSR count). The van der Waals surface area contributed by atoms with Gasteiger partial charge in [0.1, 0.15) is 0 Å². The van der Waals surface area contributed by atoms with Crippen LogP contribution in [0.1, 0.15) is 49.7 Å². The molecule has 0 aromatic heterocycles. The zero-order valence-corrected chi connectivity index (χ0v) is 26.9. The fraction of sp³-hybridized carbons (Fsp3) is 0.385. The molecule has 2 aliphatic rings. The van der Waals surface area contributed by atoms with Crippen LogP contribution in [0.25, 0.3) is 10.9 Å². The van der Waals surface area contributed by atoms with Gasteiger partial charge in [0.05, 0.1) is 9.85 Å². The number of rotatable bonds is 6. The fourth-order valence-electron chi connectivity index (χ4n) is 4.10. The molecule has 14 nitrogen and oxygen atoms in total. The number of hydrogen-bond acceptors (Lipinski definition) is 8. The predicted molar refractivity (Wildman–Crippen MR) is 165 cm³/mol. The summed E-state index contributed by atoms with van der Waals surface area (Å²) >= 11 is 8.55. The first-order valence-corrected chi connectivity index (χ1v) is 14.1. The average molecular weight is 742 g/mol. The number of non-ortho nitro benzene ring substituents is 2. The third kappa shape index (κ3) is 12.5. The minimum Gasteiger partial charge on any atom is -0.872 e. The van der Waals surface area contributed by atoms with Crippen molar-refractivity contribution < 1.29 is 54.2 Å². The molecule has 2 saturated heterocycles. The van der Waals surface area contributed by atoms with E-state index in [2.05, 4.69) is 45.5 Å². The monoisotopic (exact) mass is 740 g/mol. The normalized spacial score (nSPS) is 15.3. The van der Waals surface area contributed by atoms with Gasteiger partial charge in [0.2, 0.25) is 0 Å². The van der Waals surface area contributed by atoms with Crippen LogP contribution >= 0.6 is 0 Å². The molecule has 2 fully saturated rings. The van der Waals surface area contributed by atoms with Crippen molar-refractivity contribution >= 4 is 58.5 Å². The molecule has 44 heavy (non-hydrogen) atoms. The van der Waals surface area contributed by atoms with E-state index in [1.807, 2.05) is 9.80 Å². The van der Waals surface area contributed by atoms with Crippen molar-refractivity contribution in [2.75, 3.05) is 26.2 Å². The number of likely N-dealkylation sites (tertiary alicyclic amines) is 2. The molecular weight excluding hydrogens is 712 g/mol. The van der Waals surface area contributed by atoms with Crippen molar-refractivity contribution in [1.82, 2.24) is 9.80 Å². The van der Waals surface area contributed by atoms with Gasteiger partial charge in [0.25, 0.3) is 11.4 Å². The van der Waals surface area contributed by atoms with Crippen LogP contribution in [0, 0.1) is 20.2 Å². The first-order chi connectivity index (χ1) is 20.2. The molecule has 2 aliphatic heterocycles. The van der Waals surface area contributed by atoms with Gasteiger partial charge in [-0.2, -0.15) is 0 Å². The molecule has 0 atom stereocenters. The molecular formula is C26H30Cu2N8O6S2+2. The number of nitro groups is 2. The van der Waals surface area contributed by atoms with Crippen LogP contribution in [-0.4, -0.2) is 68.5 Å². The van der Waals surface area contributed by atoms with Gasteiger partial charge in [-0.05, 0) is 36.8 Å². The van der Waals surface area contributed by atoms with Crippen molar-refractivity contribution in [3.8, 4) is 11.5 Å². The van der Waals surface area contributed by atoms with E-state index in [1.54, 1.807) is 0 Å². The summed E-state index contributed by atoms with van der Waals surface area (Å²) in [5.74, 6) is -0.670. The quantitative estimate of drug-likeness (QED) is 0.0820. The third-order valence-corrected chi connectivity index (χ3v) is 7.12. The Hall–Kier alpha value is -3.08. The maximum atomic E-state index is 11.6. The molecule has 2 aromatic rings. The fourth-order valence-corrected chi connectivity index (χ4v) is 4.60. The molecule has 0 amide bonds. The van der Waals surface area contributed by atoms with Crippen LogP contribution < -0.4 is 10.2 Å². The van der Waals surface area contributed by atoms with Crippen molar-refractivity contribution in [3.63, 3.8) is 0 Å². The molecule has 2 aromatic carbocycles. The Kier molecular flexibility index (Phi) is 17.7. The van der Waals surface area contributed by atoms with Gasteiger partial charge in [-0.25, -0.2) is 9.80 Å². The van der Waals surface area contributed by atoms with Gasteiger partial charge >= 0.3 is 34.1 Å². The molecule has 0 spiro atoms. The minimum absolute atomic E-state index is 0. The number of nitro benzene ring substituents is 2. The van der Waals surface area contributed by atoms with Crippen LogP contribution in [-0.2, 0) is 58.6 Å². The largest absolute Gasteiger partial charge is 2.00 e. The van der Waals surface area contributed by atoms with Crippen LogP contribution in [0.4, 0.5) is 11.4 Å². The van der Waals surface area contributed by atoms with E-state index < -0.39 is 9.85 Å². The SMILES string of the molecule is O=[N+]([O-])c1ccc([O-])c(C=N[N-]C(=[SH+])N2CCCCC2)c1.O=[N+]([O-])c1ccc([O-])c(C=N[N-]C(=[SH+])N2CCCCC2)c1.[Cu+2].[Cu+2]. The third-order valence-electron chi connectivity index (χ3n) is 6.37. The summed E-state index contributed by atoms with van der Waals surface area (Å²) in [6, 6.07) is 6.99. The standard InChI is InChI=1S/2C13H16N4O3S.2Cu/c2*18-12-5-4-11(17(19)20)8-10(12)9-14-15-13(21)16-6-2-1-3-7-16;;/h2*4-5,8-9H,1-3,6-7H2,(H2,14,15,18,21);;/q;;2*+2/p-2. The van der Waals surface area contributed by atoms with Crippen molar-refractivity contribution in [2.24, 2.45) is 10.2 Å². The first kappa shape index (κ1) is 38.9. The number of nitrogens with zero attached hydrogens (tertiary/aromatic N) is 8. The Morgan fingerprint density at radius 3 is 1.34 bits per heavy atom. The van der Waals surface area contributed by atoms with Gasteiger partial charge in [0.15, 0.2) is 34.7 Å². The predicted octanol–water partition coefficient (Wildman–Crippen LogP) is 2.45. The molecule has 0 unspecified atom stereocenters. The van der Waals surface area contributed by atoms with E-state index in [0.29, 0.717) is 10.2 Å². The smallest absolute Gasteiger partial charge is 0.872 e. The maximum absolute atomic E-state index is 11.6. The Morgan fingerprint density at radius 1 is 0.682 bits per heavy atom. The molecule has 0 saturated carbocycles. The minimum atomic E-state index is -0.558. The van der Waals surface area contributed by atoms with E-state index >= 15 is 0 Å². The summed E-state index contributed by atoms with van der Waals surface area (Å²) in [5.41, 5.74) is 7.82. The Labute approximate surface area is 286 Å². The number of hydrogen-bond donors (Lipinski definition) is 0. The van der Waals surface area contributed by atoms with E-state index in [9.17, 15) is 30.4 Å². The summed E-state index contributed by atoms with van der Waals surface area (Å²) in [5, 5.41) is 53.1. The van der Waals surface area contributed by atoms with Crippen LogP contribution in [0.2, 0.25) is 0 Å². The first-order valence-electron chi connectivity index (χ1n) is 13.2. The second-order valence-electron chi connectivity index (χ2n) is 9.34. The molecule has 242 valence electrons. The zero-order chi connectivity index (χ0) is 30.5. The molecule has 0 aliphatic carbocycles. The number of benzene rings is 2. The summed E-state index contributed by atoms with van der Waals surface area (Å²) in [6.45, 7) is 3.56. The Bertz CT molecular complexity index is 1250. The van der Waals surface area contributed by atoms with Crippen molar-refractivity contribution in [1.29, 1.82) is 0 Å². The summed E-state index contributed by atoms with van der Waals surface area (Å²) in [7, 11) is 0.